The molecule has 0 fully saturated rings. The number of ether oxygens (including phenoxy) is 2. The summed E-state index contributed by atoms with van der Waals surface area (Å²) in [6, 6.07) is 12.2. The normalized spacial score (nSPS) is 17.3. The van der Waals surface area contributed by atoms with Crippen LogP contribution in [0, 0.1) is 0 Å². The van der Waals surface area contributed by atoms with Gasteiger partial charge < -0.3 is 14.4 Å². The Morgan fingerprint density at radius 1 is 1.22 bits per heavy atom. The van der Waals surface area contributed by atoms with E-state index in [9.17, 15) is 4.79 Å². The molecule has 1 atom stereocenters. The van der Waals surface area contributed by atoms with Gasteiger partial charge >= 0.3 is 0 Å². The van der Waals surface area contributed by atoms with Crippen molar-refractivity contribution in [3.05, 3.63) is 53.9 Å². The van der Waals surface area contributed by atoms with Gasteiger partial charge in [-0.2, -0.15) is 5.10 Å². The van der Waals surface area contributed by atoms with Crippen molar-refractivity contribution in [2.45, 2.75) is 25.8 Å². The molecule has 0 bridgehead atoms. The highest BCUT2D eigenvalue weighted by Gasteiger charge is 2.23. The average Bonchev–Trinajstić information content (AvgIpc) is 3.02. The lowest BCUT2D eigenvalue weighted by Crippen LogP contribution is -2.37. The minimum Gasteiger partial charge on any atom is -0.375 e. The third-order valence-electron chi connectivity index (χ3n) is 4.63. The van der Waals surface area contributed by atoms with Crippen molar-refractivity contribution < 1.29 is 14.3 Å². The lowest BCUT2D eigenvalue weighted by Gasteiger charge is -2.24. The van der Waals surface area contributed by atoms with Gasteiger partial charge in [-0.05, 0) is 11.6 Å². The Labute approximate surface area is 160 Å². The predicted molar refractivity (Wildman–Crippen MR) is 102 cm³/mol. The van der Waals surface area contributed by atoms with Gasteiger partial charge in [-0.3, -0.25) is 14.4 Å². The van der Waals surface area contributed by atoms with E-state index < -0.39 is 0 Å². The predicted octanol–water partition coefficient (Wildman–Crippen LogP) is 1.39. The Bertz CT molecular complexity index is 717. The molecule has 0 saturated carbocycles. The van der Waals surface area contributed by atoms with E-state index in [2.05, 4.69) is 22.1 Å². The van der Waals surface area contributed by atoms with Crippen LogP contribution in [0.4, 0.5) is 0 Å². The zero-order chi connectivity index (χ0) is 19.1. The molecule has 1 amide bonds. The number of hydrogen-bond donors (Lipinski definition) is 0. The van der Waals surface area contributed by atoms with Gasteiger partial charge in [0.1, 0.15) is 6.61 Å². The Hall–Kier alpha value is -2.22. The summed E-state index contributed by atoms with van der Waals surface area (Å²) >= 11 is 0. The second-order valence-electron chi connectivity index (χ2n) is 7.00. The summed E-state index contributed by atoms with van der Waals surface area (Å²) in [6.07, 6.45) is 1.73. The molecule has 1 aliphatic rings. The molecule has 2 heterocycles. The van der Waals surface area contributed by atoms with E-state index in [1.807, 2.05) is 35.1 Å². The second-order valence-corrected chi connectivity index (χ2v) is 7.00. The van der Waals surface area contributed by atoms with Gasteiger partial charge in [0, 0.05) is 39.9 Å². The number of nitrogens with zero attached hydrogens (tertiary/aromatic N) is 4. The van der Waals surface area contributed by atoms with Crippen LogP contribution >= 0.6 is 0 Å². The van der Waals surface area contributed by atoms with Crippen molar-refractivity contribution in [1.29, 1.82) is 0 Å². The van der Waals surface area contributed by atoms with Crippen molar-refractivity contribution in [1.82, 2.24) is 19.6 Å². The maximum Gasteiger partial charge on any atom is 0.248 e. The van der Waals surface area contributed by atoms with Gasteiger partial charge in [-0.25, -0.2) is 0 Å². The van der Waals surface area contributed by atoms with E-state index in [-0.39, 0.29) is 18.6 Å². The molecule has 0 spiro atoms. The van der Waals surface area contributed by atoms with Crippen LogP contribution in [0.5, 0.6) is 0 Å². The van der Waals surface area contributed by atoms with Gasteiger partial charge in [-0.1, -0.05) is 30.3 Å². The Morgan fingerprint density at radius 3 is 2.81 bits per heavy atom. The van der Waals surface area contributed by atoms with Crippen molar-refractivity contribution in [3.63, 3.8) is 0 Å². The van der Waals surface area contributed by atoms with Gasteiger partial charge in [0.15, 0.2) is 0 Å². The molecule has 27 heavy (non-hydrogen) atoms. The van der Waals surface area contributed by atoms with Gasteiger partial charge in [0.25, 0.3) is 0 Å². The molecule has 0 aliphatic carbocycles. The maximum absolute atomic E-state index is 11.8. The van der Waals surface area contributed by atoms with Crippen LogP contribution in [-0.2, 0) is 34.0 Å². The summed E-state index contributed by atoms with van der Waals surface area (Å²) in [4.78, 5) is 15.7. The summed E-state index contributed by atoms with van der Waals surface area (Å²) in [5.41, 5.74) is 2.33. The molecule has 0 N–H and O–H groups in total. The van der Waals surface area contributed by atoms with E-state index in [0.29, 0.717) is 19.8 Å². The molecule has 1 aromatic heterocycles. The van der Waals surface area contributed by atoms with E-state index in [1.165, 1.54) is 5.56 Å². The Kier molecular flexibility index (Phi) is 6.98. The average molecular weight is 372 g/mol. The van der Waals surface area contributed by atoms with Crippen LogP contribution in [0.25, 0.3) is 0 Å². The van der Waals surface area contributed by atoms with Crippen molar-refractivity contribution in [3.8, 4) is 0 Å². The van der Waals surface area contributed by atoms with Crippen molar-refractivity contribution in [2.24, 2.45) is 0 Å². The highest BCUT2D eigenvalue weighted by atomic mass is 16.5. The first-order chi connectivity index (χ1) is 13.1. The standard InChI is InChI=1S/C20H28N4O3/c1-22(2)20(25)16-27-19-13-23(12-18-8-9-21-24(18)14-19)10-11-26-15-17-6-4-3-5-7-17/h3-9,19H,10-16H2,1-2H3/t19-/m0/s1. The molecule has 146 valence electrons. The summed E-state index contributed by atoms with van der Waals surface area (Å²) in [7, 11) is 3.47. The van der Waals surface area contributed by atoms with E-state index in [1.54, 1.807) is 19.0 Å². The minimum absolute atomic E-state index is 0.0299. The fourth-order valence-corrected chi connectivity index (χ4v) is 3.04. The molecule has 0 radical (unpaired) electrons. The molecule has 0 unspecified atom stereocenters. The molecule has 2 aromatic rings. The number of rotatable bonds is 8. The van der Waals surface area contributed by atoms with Crippen LogP contribution in [0.2, 0.25) is 0 Å². The summed E-state index contributed by atoms with van der Waals surface area (Å²) in [6.45, 7) is 4.36. The summed E-state index contributed by atoms with van der Waals surface area (Å²) in [5.74, 6) is -0.0299. The third-order valence-corrected chi connectivity index (χ3v) is 4.63. The number of amides is 1. The maximum atomic E-state index is 11.8. The molecule has 7 nitrogen and oxygen atoms in total. The smallest absolute Gasteiger partial charge is 0.248 e. The number of hydrogen-bond acceptors (Lipinski definition) is 5. The minimum atomic E-state index is -0.0795. The first-order valence-corrected chi connectivity index (χ1v) is 9.28. The quantitative estimate of drug-likeness (QED) is 0.656. The zero-order valence-electron chi connectivity index (χ0n) is 16.1. The number of aromatic nitrogens is 2. The fourth-order valence-electron chi connectivity index (χ4n) is 3.04. The SMILES string of the molecule is CN(C)C(=O)CO[C@H]1CN(CCOCc2ccccc2)Cc2ccnn2C1. The second kappa shape index (κ2) is 9.64. The number of benzene rings is 1. The van der Waals surface area contributed by atoms with Gasteiger partial charge in [-0.15, -0.1) is 0 Å². The van der Waals surface area contributed by atoms with Crippen LogP contribution in [0.3, 0.4) is 0 Å². The highest BCUT2D eigenvalue weighted by Crippen LogP contribution is 2.14. The summed E-state index contributed by atoms with van der Waals surface area (Å²) < 4.78 is 13.7. The van der Waals surface area contributed by atoms with Crippen LogP contribution in [-0.4, -0.2) is 72.0 Å². The number of fused-ring (bicyclic) bond motifs is 1. The molecular weight excluding hydrogens is 344 g/mol. The monoisotopic (exact) mass is 372 g/mol. The molecule has 3 rings (SSSR count). The number of carbonyl (C=O) groups excluding carboxylic acids is 1. The largest absolute Gasteiger partial charge is 0.375 e. The first-order valence-electron chi connectivity index (χ1n) is 9.28. The van der Waals surface area contributed by atoms with Crippen molar-refractivity contribution in [2.75, 3.05) is 40.4 Å². The number of likely N-dealkylation sites (N-methyl/N-ethyl adjacent to an activating group) is 1. The molecular formula is C20H28N4O3. The Morgan fingerprint density at radius 2 is 2.04 bits per heavy atom. The highest BCUT2D eigenvalue weighted by molar-refractivity contribution is 5.76. The van der Waals surface area contributed by atoms with Crippen LogP contribution in [0.1, 0.15) is 11.3 Å². The lowest BCUT2D eigenvalue weighted by molar-refractivity contribution is -0.136. The number of carbonyl (C=O) groups is 1. The molecule has 0 saturated heterocycles. The first kappa shape index (κ1) is 19.5. The van der Waals surface area contributed by atoms with E-state index >= 15 is 0 Å². The fraction of sp³-hybridized carbons (Fsp3) is 0.500. The molecule has 1 aliphatic heterocycles. The van der Waals surface area contributed by atoms with E-state index in [0.717, 1.165) is 25.3 Å². The van der Waals surface area contributed by atoms with Crippen LogP contribution < -0.4 is 0 Å². The molecule has 7 heteroatoms. The topological polar surface area (TPSA) is 59.8 Å². The van der Waals surface area contributed by atoms with E-state index in [4.69, 9.17) is 9.47 Å². The zero-order valence-corrected chi connectivity index (χ0v) is 16.1. The lowest BCUT2D eigenvalue weighted by atomic mass is 10.2. The third kappa shape index (κ3) is 5.89. The Balaban J connectivity index is 1.51. The van der Waals surface area contributed by atoms with Crippen LogP contribution in [0.15, 0.2) is 42.6 Å². The van der Waals surface area contributed by atoms with Crippen molar-refractivity contribution >= 4 is 5.91 Å². The van der Waals surface area contributed by atoms with Gasteiger partial charge in [0.2, 0.25) is 5.91 Å². The summed E-state index contributed by atoms with van der Waals surface area (Å²) in [5, 5.41) is 4.38. The van der Waals surface area contributed by atoms with Gasteiger partial charge in [0.05, 0.1) is 31.6 Å². The molecule has 1 aromatic carbocycles.